The van der Waals surface area contributed by atoms with Gasteiger partial charge in [0.15, 0.2) is 0 Å². The molecule has 0 aliphatic carbocycles. The van der Waals surface area contributed by atoms with Gasteiger partial charge < -0.3 is 15.7 Å². The monoisotopic (exact) mass is 304 g/mol. The van der Waals surface area contributed by atoms with Gasteiger partial charge >= 0.3 is 6.03 Å². The molecular formula is C16H17ClN2O2. The number of halogens is 1. The van der Waals surface area contributed by atoms with Crippen LogP contribution in [0, 0.1) is 6.92 Å². The molecule has 110 valence electrons. The molecule has 2 rings (SSSR count). The van der Waals surface area contributed by atoms with Crippen LogP contribution in [0.2, 0.25) is 5.02 Å². The highest BCUT2D eigenvalue weighted by Crippen LogP contribution is 2.19. The molecule has 21 heavy (non-hydrogen) atoms. The molecule has 2 aromatic rings. The lowest BCUT2D eigenvalue weighted by Crippen LogP contribution is -2.28. The molecule has 0 radical (unpaired) electrons. The molecule has 0 fully saturated rings. The number of aliphatic hydroxyl groups excluding tert-OH is 1. The fourth-order valence-corrected chi connectivity index (χ4v) is 1.97. The zero-order valence-electron chi connectivity index (χ0n) is 11.7. The highest BCUT2D eigenvalue weighted by atomic mass is 35.5. The maximum absolute atomic E-state index is 11.8. The Morgan fingerprint density at radius 2 is 1.81 bits per heavy atom. The van der Waals surface area contributed by atoms with Gasteiger partial charge in [-0.1, -0.05) is 41.9 Å². The van der Waals surface area contributed by atoms with Crippen LogP contribution < -0.4 is 10.6 Å². The Morgan fingerprint density at radius 1 is 1.14 bits per heavy atom. The lowest BCUT2D eigenvalue weighted by molar-refractivity contribution is 0.251. The molecule has 0 aliphatic heterocycles. The summed E-state index contributed by atoms with van der Waals surface area (Å²) in [6, 6.07) is 12.5. The maximum Gasteiger partial charge on any atom is 0.319 e. The standard InChI is InChI=1S/C16H17ClN2O2/c1-11-2-7-14(8-15(11)17)19-16(21)18-9-12-3-5-13(10-20)6-4-12/h2-8,20H,9-10H2,1H3,(H2,18,19,21). The molecule has 0 saturated carbocycles. The fraction of sp³-hybridized carbons (Fsp3) is 0.188. The van der Waals surface area contributed by atoms with E-state index in [1.165, 1.54) is 0 Å². The van der Waals surface area contributed by atoms with Gasteiger partial charge in [-0.15, -0.1) is 0 Å². The first-order valence-electron chi connectivity index (χ1n) is 6.58. The zero-order valence-corrected chi connectivity index (χ0v) is 12.4. The minimum absolute atomic E-state index is 0.0162. The quantitative estimate of drug-likeness (QED) is 0.810. The van der Waals surface area contributed by atoms with Gasteiger partial charge in [0.25, 0.3) is 0 Å². The van der Waals surface area contributed by atoms with Gasteiger partial charge in [-0.05, 0) is 35.7 Å². The summed E-state index contributed by atoms with van der Waals surface area (Å²) in [7, 11) is 0. The number of nitrogens with one attached hydrogen (secondary N) is 2. The van der Waals surface area contributed by atoms with E-state index >= 15 is 0 Å². The van der Waals surface area contributed by atoms with Crippen molar-refractivity contribution in [1.29, 1.82) is 0 Å². The molecule has 0 aromatic heterocycles. The lowest BCUT2D eigenvalue weighted by atomic mass is 10.1. The Morgan fingerprint density at radius 3 is 2.43 bits per heavy atom. The van der Waals surface area contributed by atoms with Crippen LogP contribution in [0.1, 0.15) is 16.7 Å². The van der Waals surface area contributed by atoms with E-state index in [0.29, 0.717) is 17.3 Å². The Labute approximate surface area is 128 Å². The number of hydrogen-bond donors (Lipinski definition) is 3. The summed E-state index contributed by atoms with van der Waals surface area (Å²) in [5, 5.41) is 15.1. The van der Waals surface area contributed by atoms with Crippen LogP contribution in [0.15, 0.2) is 42.5 Å². The fourth-order valence-electron chi connectivity index (χ4n) is 1.79. The molecule has 2 aromatic carbocycles. The molecule has 5 heteroatoms. The average molecular weight is 305 g/mol. The van der Waals surface area contributed by atoms with E-state index in [9.17, 15) is 4.79 Å². The summed E-state index contributed by atoms with van der Waals surface area (Å²) in [4.78, 5) is 11.8. The van der Waals surface area contributed by atoms with Crippen molar-refractivity contribution in [3.63, 3.8) is 0 Å². The number of hydrogen-bond acceptors (Lipinski definition) is 2. The minimum Gasteiger partial charge on any atom is -0.392 e. The SMILES string of the molecule is Cc1ccc(NC(=O)NCc2ccc(CO)cc2)cc1Cl. The number of anilines is 1. The zero-order chi connectivity index (χ0) is 15.2. The second-order valence-corrected chi connectivity index (χ2v) is 5.15. The van der Waals surface area contributed by atoms with Gasteiger partial charge in [-0.25, -0.2) is 4.79 Å². The number of benzene rings is 2. The Kier molecular flexibility index (Phi) is 5.20. The van der Waals surface area contributed by atoms with Crippen molar-refractivity contribution in [2.75, 3.05) is 5.32 Å². The molecule has 0 unspecified atom stereocenters. The largest absolute Gasteiger partial charge is 0.392 e. The van der Waals surface area contributed by atoms with Crippen LogP contribution in [-0.4, -0.2) is 11.1 Å². The van der Waals surface area contributed by atoms with Crippen molar-refractivity contribution in [3.8, 4) is 0 Å². The third-order valence-corrected chi connectivity index (χ3v) is 3.50. The normalized spacial score (nSPS) is 10.2. The first-order valence-corrected chi connectivity index (χ1v) is 6.96. The van der Waals surface area contributed by atoms with Gasteiger partial charge in [0.05, 0.1) is 6.61 Å². The van der Waals surface area contributed by atoms with Crippen LogP contribution in [0.5, 0.6) is 0 Å². The van der Waals surface area contributed by atoms with Crippen LogP contribution in [0.3, 0.4) is 0 Å². The van der Waals surface area contributed by atoms with Crippen molar-refractivity contribution in [1.82, 2.24) is 5.32 Å². The van der Waals surface area contributed by atoms with Gasteiger partial charge in [0, 0.05) is 17.3 Å². The Bertz CT molecular complexity index is 627. The molecule has 2 amide bonds. The topological polar surface area (TPSA) is 61.4 Å². The van der Waals surface area contributed by atoms with E-state index in [2.05, 4.69) is 10.6 Å². The van der Waals surface area contributed by atoms with E-state index in [-0.39, 0.29) is 12.6 Å². The van der Waals surface area contributed by atoms with E-state index in [0.717, 1.165) is 16.7 Å². The van der Waals surface area contributed by atoms with Crippen molar-refractivity contribution >= 4 is 23.3 Å². The molecule has 4 nitrogen and oxygen atoms in total. The van der Waals surface area contributed by atoms with Crippen LogP contribution >= 0.6 is 11.6 Å². The predicted molar refractivity (Wildman–Crippen MR) is 84.4 cm³/mol. The first kappa shape index (κ1) is 15.4. The molecule has 0 spiro atoms. The minimum atomic E-state index is -0.291. The van der Waals surface area contributed by atoms with E-state index in [1.54, 1.807) is 12.1 Å². The smallest absolute Gasteiger partial charge is 0.319 e. The summed E-state index contributed by atoms with van der Waals surface area (Å²) in [6.45, 7) is 2.34. The van der Waals surface area contributed by atoms with Crippen molar-refractivity contribution < 1.29 is 9.90 Å². The molecular weight excluding hydrogens is 288 g/mol. The van der Waals surface area contributed by atoms with Gasteiger partial charge in [0.2, 0.25) is 0 Å². The van der Waals surface area contributed by atoms with E-state index in [4.69, 9.17) is 16.7 Å². The molecule has 0 aliphatic rings. The third kappa shape index (κ3) is 4.48. The number of aliphatic hydroxyl groups is 1. The first-order chi connectivity index (χ1) is 10.1. The number of rotatable bonds is 4. The van der Waals surface area contributed by atoms with Crippen molar-refractivity contribution in [3.05, 3.63) is 64.2 Å². The average Bonchev–Trinajstić information content (AvgIpc) is 2.49. The van der Waals surface area contributed by atoms with Gasteiger partial charge in [0.1, 0.15) is 0 Å². The van der Waals surface area contributed by atoms with Crippen molar-refractivity contribution in [2.24, 2.45) is 0 Å². The second kappa shape index (κ2) is 7.11. The lowest BCUT2D eigenvalue weighted by Gasteiger charge is -2.09. The predicted octanol–water partition coefficient (Wildman–Crippen LogP) is 3.46. The number of carbonyl (C=O) groups is 1. The van der Waals surface area contributed by atoms with E-state index in [1.807, 2.05) is 37.3 Å². The number of carbonyl (C=O) groups excluding carboxylic acids is 1. The highest BCUT2D eigenvalue weighted by molar-refractivity contribution is 6.31. The number of urea groups is 1. The van der Waals surface area contributed by atoms with Crippen LogP contribution in [-0.2, 0) is 13.2 Å². The Balaban J connectivity index is 1.87. The van der Waals surface area contributed by atoms with Crippen LogP contribution in [0.4, 0.5) is 10.5 Å². The summed E-state index contributed by atoms with van der Waals surface area (Å²) >= 11 is 6.01. The van der Waals surface area contributed by atoms with Gasteiger partial charge in [-0.3, -0.25) is 0 Å². The molecule has 0 heterocycles. The third-order valence-electron chi connectivity index (χ3n) is 3.09. The molecule has 0 atom stereocenters. The van der Waals surface area contributed by atoms with Crippen molar-refractivity contribution in [2.45, 2.75) is 20.1 Å². The highest BCUT2D eigenvalue weighted by Gasteiger charge is 2.03. The van der Waals surface area contributed by atoms with Gasteiger partial charge in [-0.2, -0.15) is 0 Å². The molecule has 0 saturated heterocycles. The van der Waals surface area contributed by atoms with Crippen LogP contribution in [0.25, 0.3) is 0 Å². The summed E-state index contributed by atoms with van der Waals surface area (Å²) < 4.78 is 0. The number of aryl methyl sites for hydroxylation is 1. The Hall–Kier alpha value is -2.04. The second-order valence-electron chi connectivity index (χ2n) is 4.75. The molecule has 3 N–H and O–H groups in total. The number of amides is 2. The summed E-state index contributed by atoms with van der Waals surface area (Å²) in [5.41, 5.74) is 3.42. The summed E-state index contributed by atoms with van der Waals surface area (Å²) in [5.74, 6) is 0. The molecule has 0 bridgehead atoms. The van der Waals surface area contributed by atoms with E-state index < -0.39 is 0 Å². The summed E-state index contributed by atoms with van der Waals surface area (Å²) in [6.07, 6.45) is 0. The maximum atomic E-state index is 11.8.